The van der Waals surface area contributed by atoms with Gasteiger partial charge in [-0.2, -0.15) is 5.10 Å². The number of nitrogens with zero attached hydrogens (tertiary/aromatic N) is 3. The fraction of sp³-hybridized carbons (Fsp3) is 0.818. The van der Waals surface area contributed by atoms with E-state index in [9.17, 15) is 9.90 Å². The lowest BCUT2D eigenvalue weighted by Gasteiger charge is -2.58. The van der Waals surface area contributed by atoms with Crippen molar-refractivity contribution < 1.29 is 9.90 Å². The highest BCUT2D eigenvalue weighted by Crippen LogP contribution is 2.55. The molecule has 0 spiro atoms. The molecule has 1 aromatic heterocycles. The minimum Gasteiger partial charge on any atom is -0.390 e. The van der Waals surface area contributed by atoms with E-state index < -0.39 is 5.60 Å². The number of carbonyl (C=O) groups is 1. The Morgan fingerprint density at radius 1 is 1.30 bits per heavy atom. The third kappa shape index (κ3) is 3.63. The van der Waals surface area contributed by atoms with E-state index in [0.29, 0.717) is 34.4 Å². The Morgan fingerprint density at radius 3 is 2.60 bits per heavy atom. The lowest BCUT2D eigenvalue weighted by molar-refractivity contribution is -0.136. The maximum absolute atomic E-state index is 13.2. The van der Waals surface area contributed by atoms with Crippen molar-refractivity contribution in [1.82, 2.24) is 20.4 Å². The Morgan fingerprint density at radius 2 is 1.97 bits per heavy atom. The van der Waals surface area contributed by atoms with Crippen LogP contribution in [0.1, 0.15) is 55.4 Å². The first kappa shape index (κ1) is 20.6. The second kappa shape index (κ2) is 7.68. The van der Waals surface area contributed by atoms with Crippen molar-refractivity contribution in [3.8, 4) is 0 Å². The largest absolute Gasteiger partial charge is 0.390 e. The molecule has 0 radical (unpaired) electrons. The molecule has 8 heteroatoms. The molecule has 30 heavy (non-hydrogen) atoms. The predicted molar refractivity (Wildman–Crippen MR) is 117 cm³/mol. The summed E-state index contributed by atoms with van der Waals surface area (Å²) in [6, 6.07) is 0.128. The Bertz CT molecular complexity index is 805. The van der Waals surface area contributed by atoms with Crippen molar-refractivity contribution in [3.63, 3.8) is 0 Å². The van der Waals surface area contributed by atoms with E-state index in [1.54, 1.807) is 4.68 Å². The summed E-state index contributed by atoms with van der Waals surface area (Å²) in [6.07, 6.45) is 7.11. The molecule has 2 atom stereocenters. The number of hydrogen-bond donors (Lipinski definition) is 3. The molecule has 5 aliphatic rings. The molecule has 166 valence electrons. The normalized spacial score (nSPS) is 35.6. The maximum Gasteiger partial charge on any atom is 0.273 e. The zero-order valence-electron chi connectivity index (χ0n) is 18.0. The van der Waals surface area contributed by atoms with Gasteiger partial charge >= 0.3 is 0 Å². The average molecular weight is 436 g/mol. The van der Waals surface area contributed by atoms with Gasteiger partial charge in [-0.05, 0) is 81.7 Å². The van der Waals surface area contributed by atoms with Gasteiger partial charge in [0.25, 0.3) is 5.91 Å². The third-order valence-electron chi connectivity index (χ3n) is 8.07. The van der Waals surface area contributed by atoms with Crippen LogP contribution in [0.2, 0.25) is 5.02 Å². The summed E-state index contributed by atoms with van der Waals surface area (Å²) in [5, 5.41) is 22.4. The zero-order chi connectivity index (χ0) is 21.0. The predicted octanol–water partition coefficient (Wildman–Crippen LogP) is 2.18. The zero-order valence-corrected chi connectivity index (χ0v) is 18.8. The van der Waals surface area contributed by atoms with Gasteiger partial charge in [0, 0.05) is 26.7 Å². The molecule has 1 aliphatic heterocycles. The molecule has 4 saturated carbocycles. The average Bonchev–Trinajstić information content (AvgIpc) is 2.98. The highest BCUT2D eigenvalue weighted by atomic mass is 35.5. The molecule has 4 aliphatic carbocycles. The van der Waals surface area contributed by atoms with Gasteiger partial charge in [-0.3, -0.25) is 9.48 Å². The summed E-state index contributed by atoms with van der Waals surface area (Å²) < 4.78 is 1.73. The van der Waals surface area contributed by atoms with E-state index >= 15 is 0 Å². The number of rotatable bonds is 5. The molecular formula is C22H34ClN5O2. The van der Waals surface area contributed by atoms with Gasteiger partial charge in [-0.25, -0.2) is 0 Å². The molecule has 2 heterocycles. The first-order valence-corrected chi connectivity index (χ1v) is 11.9. The summed E-state index contributed by atoms with van der Waals surface area (Å²) in [7, 11) is 3.89. The SMILES string of the molecule is CN(CC1CCNCC1)c1c(Cl)c(C(=O)NC2C3CC4CC2CC(O)(C4)C3)nn1C. The van der Waals surface area contributed by atoms with Crippen LogP contribution in [0.25, 0.3) is 0 Å². The van der Waals surface area contributed by atoms with Gasteiger partial charge in [0.05, 0.1) is 5.60 Å². The quantitative estimate of drug-likeness (QED) is 0.660. The van der Waals surface area contributed by atoms with Crippen LogP contribution in [0.4, 0.5) is 5.82 Å². The van der Waals surface area contributed by atoms with Crippen LogP contribution >= 0.6 is 11.6 Å². The van der Waals surface area contributed by atoms with E-state index in [4.69, 9.17) is 11.6 Å². The van der Waals surface area contributed by atoms with Crippen LogP contribution in [-0.2, 0) is 7.05 Å². The maximum atomic E-state index is 13.2. The Kier molecular flexibility index (Phi) is 5.27. The number of aromatic nitrogens is 2. The first-order chi connectivity index (χ1) is 14.3. The third-order valence-corrected chi connectivity index (χ3v) is 8.41. The number of halogens is 1. The van der Waals surface area contributed by atoms with E-state index in [1.165, 1.54) is 0 Å². The summed E-state index contributed by atoms with van der Waals surface area (Å²) in [5.41, 5.74) is -0.177. The fourth-order valence-electron chi connectivity index (χ4n) is 7.02. The minimum absolute atomic E-state index is 0.128. The lowest BCUT2D eigenvalue weighted by atomic mass is 9.52. The molecule has 2 unspecified atom stereocenters. The van der Waals surface area contributed by atoms with E-state index in [2.05, 4.69) is 20.6 Å². The van der Waals surface area contributed by atoms with Crippen LogP contribution in [0.3, 0.4) is 0 Å². The first-order valence-electron chi connectivity index (χ1n) is 11.5. The second-order valence-corrected chi connectivity index (χ2v) is 10.8. The highest BCUT2D eigenvalue weighted by Gasteiger charge is 2.55. The van der Waals surface area contributed by atoms with Gasteiger partial charge in [0.15, 0.2) is 5.69 Å². The molecule has 0 aromatic carbocycles. The Hall–Kier alpha value is -1.31. The van der Waals surface area contributed by atoms with Crippen molar-refractivity contribution in [1.29, 1.82) is 0 Å². The number of amides is 1. The standard InChI is InChI=1S/C22H34ClN5O2/c1-27(12-13-3-5-24-6-4-13)21-17(23)19(26-28(21)2)20(29)25-18-15-7-14-8-16(18)11-22(30,9-14)10-15/h13-16,18,24,30H,3-12H2,1-2H3,(H,25,29). The van der Waals surface area contributed by atoms with Crippen LogP contribution in [0, 0.1) is 23.7 Å². The monoisotopic (exact) mass is 435 g/mol. The molecule has 3 N–H and O–H groups in total. The molecule has 1 amide bonds. The number of anilines is 1. The summed E-state index contributed by atoms with van der Waals surface area (Å²) in [6.45, 7) is 3.03. The van der Waals surface area contributed by atoms with Gasteiger partial charge in [0.1, 0.15) is 10.8 Å². The molecule has 4 bridgehead atoms. The molecule has 6 rings (SSSR count). The molecule has 1 aromatic rings. The number of carbonyl (C=O) groups excluding carboxylic acids is 1. The minimum atomic E-state index is -0.495. The smallest absolute Gasteiger partial charge is 0.273 e. The topological polar surface area (TPSA) is 82.4 Å². The van der Waals surface area contributed by atoms with Crippen LogP contribution in [0.15, 0.2) is 0 Å². The summed E-state index contributed by atoms with van der Waals surface area (Å²) in [4.78, 5) is 15.3. The molecule has 1 saturated heterocycles. The van der Waals surface area contributed by atoms with Crippen molar-refractivity contribution >= 4 is 23.3 Å². The second-order valence-electron chi connectivity index (χ2n) is 10.4. The van der Waals surface area contributed by atoms with Crippen molar-refractivity contribution in [2.45, 2.75) is 56.6 Å². The van der Waals surface area contributed by atoms with Crippen LogP contribution in [0.5, 0.6) is 0 Å². The van der Waals surface area contributed by atoms with Gasteiger partial charge in [0.2, 0.25) is 0 Å². The number of hydrogen-bond acceptors (Lipinski definition) is 5. The van der Waals surface area contributed by atoms with Crippen molar-refractivity contribution in [2.75, 3.05) is 31.6 Å². The lowest BCUT2D eigenvalue weighted by Crippen LogP contribution is -2.61. The van der Waals surface area contributed by atoms with Crippen LogP contribution in [-0.4, -0.2) is 59.1 Å². The number of nitrogens with one attached hydrogen (secondary N) is 2. The number of aliphatic hydroxyl groups is 1. The van der Waals surface area contributed by atoms with Gasteiger partial charge in [-0.15, -0.1) is 0 Å². The van der Waals surface area contributed by atoms with Crippen LogP contribution < -0.4 is 15.5 Å². The Balaban J connectivity index is 1.29. The molecular weight excluding hydrogens is 402 g/mol. The number of piperidine rings is 1. The van der Waals surface area contributed by atoms with E-state index in [-0.39, 0.29) is 11.9 Å². The summed E-state index contributed by atoms with van der Waals surface area (Å²) in [5.74, 6) is 2.61. The molecule has 7 nitrogen and oxygen atoms in total. The number of aryl methyl sites for hydroxylation is 1. The van der Waals surface area contributed by atoms with Crippen molar-refractivity contribution in [3.05, 3.63) is 10.7 Å². The fourth-order valence-corrected chi connectivity index (χ4v) is 7.41. The van der Waals surface area contributed by atoms with Gasteiger partial charge in [-0.1, -0.05) is 11.6 Å². The van der Waals surface area contributed by atoms with E-state index in [1.807, 2.05) is 14.1 Å². The highest BCUT2D eigenvalue weighted by molar-refractivity contribution is 6.36. The van der Waals surface area contributed by atoms with E-state index in [0.717, 1.165) is 70.4 Å². The molecule has 5 fully saturated rings. The van der Waals surface area contributed by atoms with Crippen molar-refractivity contribution in [2.24, 2.45) is 30.7 Å². The Labute approximate surface area is 183 Å². The summed E-state index contributed by atoms with van der Waals surface area (Å²) >= 11 is 6.69. The van der Waals surface area contributed by atoms with Gasteiger partial charge < -0.3 is 20.6 Å².